The van der Waals surface area contributed by atoms with E-state index in [1.165, 1.54) is 30.4 Å². The van der Waals surface area contributed by atoms with Crippen LogP contribution in [0.5, 0.6) is 0 Å². The highest BCUT2D eigenvalue weighted by molar-refractivity contribution is 7.10. The van der Waals surface area contributed by atoms with E-state index in [9.17, 15) is 14.0 Å². The minimum Gasteiger partial charge on any atom is -0.324 e. The molecule has 7 heteroatoms. The van der Waals surface area contributed by atoms with Gasteiger partial charge in [0.05, 0.1) is 5.69 Å². The highest BCUT2D eigenvalue weighted by Crippen LogP contribution is 2.22. The van der Waals surface area contributed by atoms with Crippen LogP contribution in [0.15, 0.2) is 35.7 Å². The Labute approximate surface area is 125 Å². The maximum absolute atomic E-state index is 13.5. The number of thiophene rings is 1. The first kappa shape index (κ1) is 15.1. The van der Waals surface area contributed by atoms with Gasteiger partial charge in [-0.25, -0.2) is 4.39 Å². The molecule has 1 aromatic carbocycles. The Morgan fingerprint density at radius 2 is 2.05 bits per heavy atom. The van der Waals surface area contributed by atoms with Gasteiger partial charge < -0.3 is 16.4 Å². The fourth-order valence-corrected chi connectivity index (χ4v) is 2.43. The summed E-state index contributed by atoms with van der Waals surface area (Å²) in [4.78, 5) is 23.7. The Kier molecular flexibility index (Phi) is 4.66. The minimum absolute atomic E-state index is 0.00463. The van der Waals surface area contributed by atoms with E-state index in [0.717, 1.165) is 10.9 Å². The summed E-state index contributed by atoms with van der Waals surface area (Å²) in [5.41, 5.74) is 6.20. The monoisotopic (exact) mass is 307 g/mol. The van der Waals surface area contributed by atoms with Crippen molar-refractivity contribution in [3.8, 4) is 0 Å². The second-order valence-electron chi connectivity index (χ2n) is 4.36. The average molecular weight is 307 g/mol. The Morgan fingerprint density at radius 1 is 1.29 bits per heavy atom. The molecule has 0 fully saturated rings. The van der Waals surface area contributed by atoms with Crippen LogP contribution in [0.2, 0.25) is 0 Å². The second kappa shape index (κ2) is 6.47. The van der Waals surface area contributed by atoms with Crippen LogP contribution in [-0.4, -0.2) is 11.8 Å². The summed E-state index contributed by atoms with van der Waals surface area (Å²) in [5, 5.41) is 6.77. The molecule has 1 atom stereocenters. The fourth-order valence-electron chi connectivity index (χ4n) is 1.71. The van der Waals surface area contributed by atoms with Gasteiger partial charge >= 0.3 is 0 Å². The maximum Gasteiger partial charge on any atom is 0.246 e. The average Bonchev–Trinajstić information content (AvgIpc) is 2.95. The number of nitrogens with two attached hydrogens (primary N) is 1. The molecule has 2 amide bonds. The number of anilines is 2. The highest BCUT2D eigenvalue weighted by Gasteiger charge is 2.17. The zero-order chi connectivity index (χ0) is 15.4. The zero-order valence-electron chi connectivity index (χ0n) is 11.2. The van der Waals surface area contributed by atoms with Gasteiger partial charge in [-0.3, -0.25) is 9.59 Å². The number of hydrogen-bond donors (Lipinski definition) is 3. The van der Waals surface area contributed by atoms with Crippen molar-refractivity contribution in [3.63, 3.8) is 0 Å². The standard InChI is InChI=1S/C14H14FN3O2S/c1-8(19)17-11-7-9(4-5-10(11)15)18-14(20)13(16)12-3-2-6-21-12/h2-7,13H,16H2,1H3,(H,17,19)(H,18,20). The number of benzene rings is 1. The molecule has 0 aliphatic rings. The van der Waals surface area contributed by atoms with Crippen molar-refractivity contribution in [3.05, 3.63) is 46.4 Å². The molecular formula is C14H14FN3O2S. The van der Waals surface area contributed by atoms with E-state index in [1.807, 2.05) is 5.38 Å². The molecule has 4 N–H and O–H groups in total. The van der Waals surface area contributed by atoms with E-state index >= 15 is 0 Å². The highest BCUT2D eigenvalue weighted by atomic mass is 32.1. The molecule has 0 radical (unpaired) electrons. The van der Waals surface area contributed by atoms with Crippen LogP contribution in [0.25, 0.3) is 0 Å². The van der Waals surface area contributed by atoms with Gasteiger partial charge in [0.15, 0.2) is 0 Å². The van der Waals surface area contributed by atoms with Crippen molar-refractivity contribution in [2.45, 2.75) is 13.0 Å². The third-order valence-corrected chi connectivity index (χ3v) is 3.63. The molecule has 0 spiro atoms. The SMILES string of the molecule is CC(=O)Nc1cc(NC(=O)C(N)c2cccs2)ccc1F. The number of nitrogens with one attached hydrogen (secondary N) is 2. The third kappa shape index (κ3) is 3.87. The van der Waals surface area contributed by atoms with Crippen LogP contribution in [0.3, 0.4) is 0 Å². The van der Waals surface area contributed by atoms with Crippen LogP contribution in [0.1, 0.15) is 17.8 Å². The molecule has 0 aliphatic heterocycles. The van der Waals surface area contributed by atoms with Crippen LogP contribution < -0.4 is 16.4 Å². The molecule has 0 saturated carbocycles. The summed E-state index contributed by atoms with van der Waals surface area (Å²) in [6.07, 6.45) is 0. The van der Waals surface area contributed by atoms with Gasteiger partial charge in [0.25, 0.3) is 0 Å². The van der Waals surface area contributed by atoms with Crippen molar-refractivity contribution < 1.29 is 14.0 Å². The van der Waals surface area contributed by atoms with E-state index in [1.54, 1.807) is 12.1 Å². The summed E-state index contributed by atoms with van der Waals surface area (Å²) in [7, 11) is 0. The molecule has 0 saturated heterocycles. The Bertz CT molecular complexity index is 658. The van der Waals surface area contributed by atoms with Crippen molar-refractivity contribution in [2.75, 3.05) is 10.6 Å². The summed E-state index contributed by atoms with van der Waals surface area (Å²) < 4.78 is 13.5. The number of carbonyl (C=O) groups excluding carboxylic acids is 2. The normalized spacial score (nSPS) is 11.8. The number of carbonyl (C=O) groups is 2. The molecule has 5 nitrogen and oxygen atoms in total. The van der Waals surface area contributed by atoms with Crippen molar-refractivity contribution in [2.24, 2.45) is 5.73 Å². The van der Waals surface area contributed by atoms with Gasteiger partial charge in [-0.05, 0) is 29.6 Å². The van der Waals surface area contributed by atoms with Crippen molar-refractivity contribution in [1.29, 1.82) is 0 Å². The van der Waals surface area contributed by atoms with E-state index < -0.39 is 23.7 Å². The van der Waals surface area contributed by atoms with E-state index in [4.69, 9.17) is 5.73 Å². The Morgan fingerprint density at radius 3 is 2.67 bits per heavy atom. The van der Waals surface area contributed by atoms with Crippen LogP contribution in [-0.2, 0) is 9.59 Å². The molecule has 0 bridgehead atoms. The van der Waals surface area contributed by atoms with E-state index in [-0.39, 0.29) is 5.69 Å². The molecule has 1 unspecified atom stereocenters. The molecule has 110 valence electrons. The lowest BCUT2D eigenvalue weighted by Crippen LogP contribution is -2.27. The van der Waals surface area contributed by atoms with Crippen molar-refractivity contribution in [1.82, 2.24) is 0 Å². The summed E-state index contributed by atoms with van der Waals surface area (Å²) in [6, 6.07) is 6.69. The Hall–Kier alpha value is -2.25. The maximum atomic E-state index is 13.5. The predicted molar refractivity (Wildman–Crippen MR) is 80.6 cm³/mol. The first-order valence-electron chi connectivity index (χ1n) is 6.14. The molecule has 1 aromatic heterocycles. The van der Waals surface area contributed by atoms with Gasteiger partial charge in [0.2, 0.25) is 11.8 Å². The van der Waals surface area contributed by atoms with Crippen molar-refractivity contribution >= 4 is 34.5 Å². The lowest BCUT2D eigenvalue weighted by molar-refractivity contribution is -0.117. The van der Waals surface area contributed by atoms with Gasteiger partial charge in [-0.1, -0.05) is 6.07 Å². The number of halogens is 1. The molecule has 1 heterocycles. The summed E-state index contributed by atoms with van der Waals surface area (Å²) in [5.74, 6) is -1.38. The largest absolute Gasteiger partial charge is 0.324 e. The van der Waals surface area contributed by atoms with Gasteiger partial charge in [0, 0.05) is 17.5 Å². The lowest BCUT2D eigenvalue weighted by Gasteiger charge is -2.12. The lowest BCUT2D eigenvalue weighted by atomic mass is 10.2. The molecule has 2 rings (SSSR count). The summed E-state index contributed by atoms with van der Waals surface area (Å²) in [6.45, 7) is 1.28. The predicted octanol–water partition coefficient (Wildman–Crippen LogP) is 2.48. The molecule has 21 heavy (non-hydrogen) atoms. The summed E-state index contributed by atoms with van der Waals surface area (Å²) >= 11 is 1.38. The van der Waals surface area contributed by atoms with Gasteiger partial charge in [-0.15, -0.1) is 11.3 Å². The van der Waals surface area contributed by atoms with Crippen LogP contribution in [0, 0.1) is 5.82 Å². The van der Waals surface area contributed by atoms with E-state index in [2.05, 4.69) is 10.6 Å². The van der Waals surface area contributed by atoms with Crippen LogP contribution >= 0.6 is 11.3 Å². The first-order valence-corrected chi connectivity index (χ1v) is 7.02. The van der Waals surface area contributed by atoms with Gasteiger partial charge in [-0.2, -0.15) is 0 Å². The number of amides is 2. The fraction of sp³-hybridized carbons (Fsp3) is 0.143. The zero-order valence-corrected chi connectivity index (χ0v) is 12.0. The molecule has 2 aromatic rings. The van der Waals surface area contributed by atoms with Crippen LogP contribution in [0.4, 0.5) is 15.8 Å². The topological polar surface area (TPSA) is 84.2 Å². The molecular weight excluding hydrogens is 293 g/mol. The molecule has 0 aliphatic carbocycles. The number of hydrogen-bond acceptors (Lipinski definition) is 4. The first-order chi connectivity index (χ1) is 9.97. The van der Waals surface area contributed by atoms with Gasteiger partial charge in [0.1, 0.15) is 11.9 Å². The van der Waals surface area contributed by atoms with E-state index in [0.29, 0.717) is 5.69 Å². The smallest absolute Gasteiger partial charge is 0.246 e. The second-order valence-corrected chi connectivity index (χ2v) is 5.34. The number of rotatable bonds is 4. The minimum atomic E-state index is -0.792. The Balaban J connectivity index is 2.12. The quantitative estimate of drug-likeness (QED) is 0.811. The third-order valence-electron chi connectivity index (χ3n) is 2.68.